The van der Waals surface area contributed by atoms with Gasteiger partial charge in [-0.05, 0) is 55.4 Å². The second-order valence-corrected chi connectivity index (χ2v) is 9.41. The third-order valence-electron chi connectivity index (χ3n) is 5.74. The smallest absolute Gasteiger partial charge is 0.244 e. The molecule has 1 atom stereocenters. The van der Waals surface area contributed by atoms with E-state index in [1.807, 2.05) is 32.0 Å². The Morgan fingerprint density at radius 2 is 1.83 bits per heavy atom. The van der Waals surface area contributed by atoms with Crippen molar-refractivity contribution in [1.82, 2.24) is 4.31 Å². The van der Waals surface area contributed by atoms with Gasteiger partial charge in [0.15, 0.2) is 0 Å². The Labute approximate surface area is 179 Å². The number of sulfonamides is 1. The maximum atomic E-state index is 13.4. The summed E-state index contributed by atoms with van der Waals surface area (Å²) in [5.41, 5.74) is 3.55. The van der Waals surface area contributed by atoms with Gasteiger partial charge in [-0.1, -0.05) is 38.1 Å². The van der Waals surface area contributed by atoms with Crippen LogP contribution in [0.25, 0.3) is 0 Å². The highest BCUT2D eigenvalue weighted by atomic mass is 32.2. The molecule has 1 fully saturated rings. The molecule has 1 saturated heterocycles. The highest BCUT2D eigenvalue weighted by Crippen LogP contribution is 2.31. The van der Waals surface area contributed by atoms with E-state index in [4.69, 9.17) is 4.74 Å². The largest absolute Gasteiger partial charge is 0.497 e. The van der Waals surface area contributed by atoms with Crippen LogP contribution >= 0.6 is 0 Å². The zero-order chi connectivity index (χ0) is 21.9. The summed E-state index contributed by atoms with van der Waals surface area (Å²) < 4.78 is 33.4. The summed E-state index contributed by atoms with van der Waals surface area (Å²) >= 11 is 0. The highest BCUT2D eigenvalue weighted by Gasteiger charge is 2.40. The van der Waals surface area contributed by atoms with E-state index in [-0.39, 0.29) is 10.8 Å². The predicted octanol–water partition coefficient (Wildman–Crippen LogP) is 3.92. The molecule has 2 aromatic carbocycles. The number of ether oxygens (including phenoxy) is 1. The molecule has 0 saturated carbocycles. The minimum Gasteiger partial charge on any atom is -0.497 e. The van der Waals surface area contributed by atoms with Crippen LogP contribution < -0.4 is 10.1 Å². The summed E-state index contributed by atoms with van der Waals surface area (Å²) in [6.07, 6.45) is 2.73. The molecule has 3 rings (SSSR count). The molecule has 1 amide bonds. The van der Waals surface area contributed by atoms with Gasteiger partial charge >= 0.3 is 0 Å². The Balaban J connectivity index is 1.92. The van der Waals surface area contributed by atoms with Crippen LogP contribution in [-0.2, 0) is 27.7 Å². The lowest BCUT2D eigenvalue weighted by atomic mass is 10.0. The number of carbonyl (C=O) groups is 1. The van der Waals surface area contributed by atoms with Gasteiger partial charge in [0, 0.05) is 18.3 Å². The Bertz CT molecular complexity index is 1010. The summed E-state index contributed by atoms with van der Waals surface area (Å²) in [6, 6.07) is 10.2. The van der Waals surface area contributed by atoms with Crippen molar-refractivity contribution in [2.24, 2.45) is 0 Å². The molecule has 0 bridgehead atoms. The maximum Gasteiger partial charge on any atom is 0.244 e. The van der Waals surface area contributed by atoms with Gasteiger partial charge in [0.05, 0.1) is 12.0 Å². The fraction of sp³-hybridized carbons (Fsp3) is 0.435. The molecule has 1 heterocycles. The van der Waals surface area contributed by atoms with Crippen LogP contribution in [0.4, 0.5) is 5.69 Å². The summed E-state index contributed by atoms with van der Waals surface area (Å²) in [5.74, 6) is 0.205. The molecule has 0 spiro atoms. The second-order valence-electron chi connectivity index (χ2n) is 7.55. The van der Waals surface area contributed by atoms with Crippen LogP contribution in [-0.4, -0.2) is 38.3 Å². The molecule has 0 aliphatic carbocycles. The summed E-state index contributed by atoms with van der Waals surface area (Å²) in [5, 5.41) is 3.04. The number of nitrogens with one attached hydrogen (secondary N) is 1. The van der Waals surface area contributed by atoms with Crippen molar-refractivity contribution < 1.29 is 17.9 Å². The number of para-hydroxylation sites is 1. The number of hydrogen-bond acceptors (Lipinski definition) is 4. The van der Waals surface area contributed by atoms with Crippen molar-refractivity contribution in [2.75, 3.05) is 19.0 Å². The molecule has 6 nitrogen and oxygen atoms in total. The minimum absolute atomic E-state index is 0.185. The summed E-state index contributed by atoms with van der Waals surface area (Å²) in [4.78, 5) is 13.4. The molecule has 162 valence electrons. The topological polar surface area (TPSA) is 75.7 Å². The van der Waals surface area contributed by atoms with Gasteiger partial charge in [-0.15, -0.1) is 0 Å². The molecule has 1 aliphatic rings. The van der Waals surface area contributed by atoms with Gasteiger partial charge < -0.3 is 10.1 Å². The first-order chi connectivity index (χ1) is 14.3. The van der Waals surface area contributed by atoms with E-state index >= 15 is 0 Å². The lowest BCUT2D eigenvalue weighted by Gasteiger charge is -2.25. The fourth-order valence-electron chi connectivity index (χ4n) is 4.01. The maximum absolute atomic E-state index is 13.4. The van der Waals surface area contributed by atoms with Crippen LogP contribution in [0.2, 0.25) is 0 Å². The van der Waals surface area contributed by atoms with Crippen molar-refractivity contribution >= 4 is 21.6 Å². The van der Waals surface area contributed by atoms with E-state index in [0.717, 1.165) is 29.7 Å². The van der Waals surface area contributed by atoms with E-state index in [1.54, 1.807) is 19.1 Å². The number of carbonyl (C=O) groups excluding carboxylic acids is 1. The van der Waals surface area contributed by atoms with E-state index < -0.39 is 16.1 Å². The van der Waals surface area contributed by atoms with Gasteiger partial charge in [0.25, 0.3) is 0 Å². The number of amides is 1. The van der Waals surface area contributed by atoms with Gasteiger partial charge in [0.1, 0.15) is 11.8 Å². The third kappa shape index (κ3) is 4.23. The molecule has 7 heteroatoms. The Hall–Kier alpha value is -2.38. The number of benzene rings is 2. The highest BCUT2D eigenvalue weighted by molar-refractivity contribution is 7.89. The van der Waals surface area contributed by atoms with E-state index in [2.05, 4.69) is 5.32 Å². The molecule has 1 N–H and O–H groups in total. The van der Waals surface area contributed by atoms with Gasteiger partial charge in [-0.25, -0.2) is 8.42 Å². The fourth-order valence-corrected chi connectivity index (χ4v) is 5.91. The zero-order valence-corrected chi connectivity index (χ0v) is 18.9. The van der Waals surface area contributed by atoms with Crippen molar-refractivity contribution in [1.29, 1.82) is 0 Å². The minimum atomic E-state index is -3.83. The first-order valence-electron chi connectivity index (χ1n) is 10.4. The van der Waals surface area contributed by atoms with E-state index in [0.29, 0.717) is 30.7 Å². The number of nitrogens with zero attached hydrogens (tertiary/aromatic N) is 1. The lowest BCUT2D eigenvalue weighted by molar-refractivity contribution is -0.119. The SMILES string of the molecule is CCc1cccc(CC)c1NC(=O)[C@H]1CCCN1S(=O)(=O)c1cc(OC)ccc1C. The molecule has 30 heavy (non-hydrogen) atoms. The molecule has 1 aliphatic heterocycles. The molecule has 0 unspecified atom stereocenters. The molecule has 2 aromatic rings. The van der Waals surface area contributed by atoms with Gasteiger partial charge in [-0.2, -0.15) is 4.31 Å². The Morgan fingerprint density at radius 1 is 1.17 bits per heavy atom. The van der Waals surface area contributed by atoms with Gasteiger partial charge in [0.2, 0.25) is 15.9 Å². The van der Waals surface area contributed by atoms with Crippen molar-refractivity contribution in [2.45, 2.75) is 57.4 Å². The van der Waals surface area contributed by atoms with Crippen molar-refractivity contribution in [3.05, 3.63) is 53.1 Å². The molecular weight excluding hydrogens is 400 g/mol. The molecule has 0 aromatic heterocycles. The first kappa shape index (κ1) is 22.3. The first-order valence-corrected chi connectivity index (χ1v) is 11.9. The summed E-state index contributed by atoms with van der Waals surface area (Å²) in [6.45, 7) is 6.17. The summed E-state index contributed by atoms with van der Waals surface area (Å²) in [7, 11) is -2.32. The van der Waals surface area contributed by atoms with Gasteiger partial charge in [-0.3, -0.25) is 4.79 Å². The van der Waals surface area contributed by atoms with E-state index in [1.165, 1.54) is 17.5 Å². The van der Waals surface area contributed by atoms with Crippen LogP contribution in [0, 0.1) is 6.92 Å². The average molecular weight is 431 g/mol. The lowest BCUT2D eigenvalue weighted by Crippen LogP contribution is -2.43. The number of hydrogen-bond donors (Lipinski definition) is 1. The zero-order valence-electron chi connectivity index (χ0n) is 18.1. The molecule has 0 radical (unpaired) electrons. The number of rotatable bonds is 7. The monoisotopic (exact) mass is 430 g/mol. The number of aryl methyl sites for hydroxylation is 3. The Kier molecular flexibility index (Phi) is 6.83. The average Bonchev–Trinajstić information content (AvgIpc) is 3.25. The number of anilines is 1. The quantitative estimate of drug-likeness (QED) is 0.722. The predicted molar refractivity (Wildman–Crippen MR) is 118 cm³/mol. The van der Waals surface area contributed by atoms with Crippen LogP contribution in [0.5, 0.6) is 5.75 Å². The van der Waals surface area contributed by atoms with Crippen LogP contribution in [0.15, 0.2) is 41.3 Å². The third-order valence-corrected chi connectivity index (χ3v) is 7.79. The standard InChI is InChI=1S/C23H30N2O4S/c1-5-17-9-7-10-18(6-2)22(17)24-23(26)20-11-8-14-25(20)30(27,28)21-15-19(29-4)13-12-16(21)3/h7,9-10,12-13,15,20H,5-6,8,11,14H2,1-4H3,(H,24,26)/t20-/m1/s1. The normalized spacial score (nSPS) is 17.1. The van der Waals surface area contributed by atoms with E-state index in [9.17, 15) is 13.2 Å². The van der Waals surface area contributed by atoms with Crippen molar-refractivity contribution in [3.63, 3.8) is 0 Å². The number of methoxy groups -OCH3 is 1. The van der Waals surface area contributed by atoms with Crippen LogP contribution in [0.1, 0.15) is 43.4 Å². The molecular formula is C23H30N2O4S. The second kappa shape index (κ2) is 9.18. The van der Waals surface area contributed by atoms with Crippen LogP contribution in [0.3, 0.4) is 0 Å². The van der Waals surface area contributed by atoms with Crippen molar-refractivity contribution in [3.8, 4) is 5.75 Å². The Morgan fingerprint density at radius 3 is 2.43 bits per heavy atom.